The molecule has 1 amide bonds. The van der Waals surface area contributed by atoms with E-state index < -0.39 is 0 Å². The van der Waals surface area contributed by atoms with Gasteiger partial charge in [-0.05, 0) is 24.1 Å². The van der Waals surface area contributed by atoms with E-state index >= 15 is 0 Å². The zero-order valence-electron chi connectivity index (χ0n) is 17.1. The van der Waals surface area contributed by atoms with Crippen LogP contribution in [-0.2, 0) is 13.7 Å². The van der Waals surface area contributed by atoms with Crippen molar-refractivity contribution in [3.8, 4) is 11.5 Å². The Hall–Kier alpha value is -3.54. The maximum Gasteiger partial charge on any atom is 0.274 e. The van der Waals surface area contributed by atoms with Gasteiger partial charge in [0.25, 0.3) is 5.91 Å². The van der Waals surface area contributed by atoms with Crippen LogP contribution in [0.5, 0.6) is 11.5 Å². The minimum atomic E-state index is -0.305. The maximum atomic E-state index is 13.1. The van der Waals surface area contributed by atoms with E-state index in [2.05, 4.69) is 0 Å². The summed E-state index contributed by atoms with van der Waals surface area (Å²) in [6.45, 7) is 3.15. The van der Waals surface area contributed by atoms with Gasteiger partial charge in [-0.2, -0.15) is 0 Å². The highest BCUT2D eigenvalue weighted by molar-refractivity contribution is 5.95. The zero-order valence-corrected chi connectivity index (χ0v) is 17.1. The monoisotopic (exact) mass is 404 g/mol. The number of hydrogen-bond acceptors (Lipinski definition) is 4. The van der Waals surface area contributed by atoms with Crippen molar-refractivity contribution in [2.24, 2.45) is 7.05 Å². The molecular formula is C24H24N2O4. The van der Waals surface area contributed by atoms with E-state index in [1.54, 1.807) is 22.7 Å². The first-order valence-electron chi connectivity index (χ1n) is 9.91. The number of carbonyl (C=O) groups excluding carboxylic acids is 1. The molecule has 4 rings (SSSR count). The van der Waals surface area contributed by atoms with Gasteiger partial charge in [-0.1, -0.05) is 48.5 Å². The molecule has 30 heavy (non-hydrogen) atoms. The summed E-state index contributed by atoms with van der Waals surface area (Å²) in [6, 6.07) is 18.8. The Morgan fingerprint density at radius 1 is 1.03 bits per heavy atom. The minimum Gasteiger partial charge on any atom is -0.486 e. The number of aryl methyl sites for hydroxylation is 2. The molecule has 1 aliphatic rings. The summed E-state index contributed by atoms with van der Waals surface area (Å²) < 4.78 is 13.4. The van der Waals surface area contributed by atoms with Gasteiger partial charge in [0.1, 0.15) is 18.5 Å². The van der Waals surface area contributed by atoms with Crippen molar-refractivity contribution >= 4 is 5.91 Å². The lowest BCUT2D eigenvalue weighted by Crippen LogP contribution is -2.56. The second kappa shape index (κ2) is 8.45. The molecule has 0 spiro atoms. The third kappa shape index (κ3) is 4.08. The molecule has 3 aromatic rings. The van der Waals surface area contributed by atoms with E-state index in [0.717, 1.165) is 16.9 Å². The molecule has 6 heteroatoms. The number of amides is 1. The highest BCUT2D eigenvalue weighted by atomic mass is 16.5. The average molecular weight is 404 g/mol. The van der Waals surface area contributed by atoms with E-state index in [9.17, 15) is 9.59 Å². The minimum absolute atomic E-state index is 0.0653. The van der Waals surface area contributed by atoms with Crippen molar-refractivity contribution in [3.05, 3.63) is 93.9 Å². The van der Waals surface area contributed by atoms with Crippen molar-refractivity contribution < 1.29 is 14.3 Å². The normalized spacial score (nSPS) is 13.6. The van der Waals surface area contributed by atoms with Crippen LogP contribution in [0.15, 0.2) is 71.7 Å². The van der Waals surface area contributed by atoms with Gasteiger partial charge in [-0.15, -0.1) is 0 Å². The number of aromatic nitrogens is 1. The number of ether oxygens (including phenoxy) is 2. The highest BCUT2D eigenvalue weighted by Gasteiger charge is 2.35. The molecule has 0 bridgehead atoms. The van der Waals surface area contributed by atoms with Crippen molar-refractivity contribution in [1.82, 2.24) is 9.47 Å². The van der Waals surface area contributed by atoms with Gasteiger partial charge in [0.05, 0.1) is 13.1 Å². The second-order valence-corrected chi connectivity index (χ2v) is 7.46. The Balaban J connectivity index is 1.47. The predicted octanol–water partition coefficient (Wildman–Crippen LogP) is 3.18. The summed E-state index contributed by atoms with van der Waals surface area (Å²) in [4.78, 5) is 27.3. The first-order chi connectivity index (χ1) is 14.5. The predicted molar refractivity (Wildman–Crippen MR) is 114 cm³/mol. The largest absolute Gasteiger partial charge is 0.486 e. The number of benzene rings is 2. The smallest absolute Gasteiger partial charge is 0.274 e. The molecule has 2 aromatic carbocycles. The van der Waals surface area contributed by atoms with Crippen molar-refractivity contribution in [3.63, 3.8) is 0 Å². The summed E-state index contributed by atoms with van der Waals surface area (Å²) in [5, 5.41) is 0. The standard InChI is InChI=1S/C24H24N2O4/c1-17-8-6-7-11-21(17)30-19-14-26(15-19)24(28)22-23(20(27)12-13-25(22)2)29-16-18-9-4-3-5-10-18/h3-13,19H,14-16H2,1-2H3. The quantitative estimate of drug-likeness (QED) is 0.633. The van der Waals surface area contributed by atoms with Crippen molar-refractivity contribution in [2.75, 3.05) is 13.1 Å². The van der Waals surface area contributed by atoms with Crippen LogP contribution in [0.2, 0.25) is 0 Å². The molecule has 0 radical (unpaired) electrons. The molecule has 1 aromatic heterocycles. The van der Waals surface area contributed by atoms with Crippen LogP contribution >= 0.6 is 0 Å². The molecule has 0 saturated carbocycles. The molecule has 0 unspecified atom stereocenters. The van der Waals surface area contributed by atoms with Crippen LogP contribution in [0, 0.1) is 6.92 Å². The van der Waals surface area contributed by atoms with E-state index in [1.807, 2.05) is 61.5 Å². The maximum absolute atomic E-state index is 13.1. The third-order valence-corrected chi connectivity index (χ3v) is 5.19. The molecule has 1 aliphatic heterocycles. The highest BCUT2D eigenvalue weighted by Crippen LogP contribution is 2.24. The third-order valence-electron chi connectivity index (χ3n) is 5.19. The first-order valence-corrected chi connectivity index (χ1v) is 9.91. The number of rotatable bonds is 6. The molecule has 6 nitrogen and oxygen atoms in total. The number of nitrogens with zero attached hydrogens (tertiary/aromatic N) is 2. The Morgan fingerprint density at radius 2 is 1.73 bits per heavy atom. The number of likely N-dealkylation sites (tertiary alicyclic amines) is 1. The lowest BCUT2D eigenvalue weighted by atomic mass is 10.1. The number of carbonyl (C=O) groups is 1. The number of pyridine rings is 1. The summed E-state index contributed by atoms with van der Waals surface area (Å²) in [5.74, 6) is 0.675. The van der Waals surface area contributed by atoms with Crippen molar-refractivity contribution in [1.29, 1.82) is 0 Å². The van der Waals surface area contributed by atoms with Crippen LogP contribution < -0.4 is 14.9 Å². The summed E-state index contributed by atoms with van der Waals surface area (Å²) >= 11 is 0. The summed E-state index contributed by atoms with van der Waals surface area (Å²) in [7, 11) is 1.74. The molecule has 154 valence electrons. The van der Waals surface area contributed by atoms with Crippen LogP contribution in [0.3, 0.4) is 0 Å². The van der Waals surface area contributed by atoms with Gasteiger partial charge in [-0.25, -0.2) is 0 Å². The SMILES string of the molecule is Cc1ccccc1OC1CN(C(=O)c2c(OCc3ccccc3)c(=O)ccn2C)C1. The fraction of sp³-hybridized carbons (Fsp3) is 0.250. The molecule has 0 N–H and O–H groups in total. The van der Waals surface area contributed by atoms with Gasteiger partial charge in [0, 0.05) is 19.3 Å². The fourth-order valence-corrected chi connectivity index (χ4v) is 3.42. The topological polar surface area (TPSA) is 60.8 Å². The van der Waals surface area contributed by atoms with Gasteiger partial charge in [-0.3, -0.25) is 9.59 Å². The van der Waals surface area contributed by atoms with E-state index in [4.69, 9.17) is 9.47 Å². The second-order valence-electron chi connectivity index (χ2n) is 7.46. The lowest BCUT2D eigenvalue weighted by Gasteiger charge is -2.39. The molecule has 2 heterocycles. The first kappa shape index (κ1) is 19.8. The number of hydrogen-bond donors (Lipinski definition) is 0. The van der Waals surface area contributed by atoms with Crippen LogP contribution in [-0.4, -0.2) is 34.6 Å². The van der Waals surface area contributed by atoms with Gasteiger partial charge in [0.15, 0.2) is 11.4 Å². The van der Waals surface area contributed by atoms with Gasteiger partial charge in [0.2, 0.25) is 5.43 Å². The molecule has 1 fully saturated rings. The van der Waals surface area contributed by atoms with E-state index in [1.165, 1.54) is 6.07 Å². The molecular weight excluding hydrogens is 380 g/mol. The summed E-state index contributed by atoms with van der Waals surface area (Å²) in [5.41, 5.74) is 1.94. The van der Waals surface area contributed by atoms with Crippen LogP contribution in [0.25, 0.3) is 0 Å². The van der Waals surface area contributed by atoms with Crippen LogP contribution in [0.1, 0.15) is 21.6 Å². The lowest BCUT2D eigenvalue weighted by molar-refractivity contribution is 0.0164. The van der Waals surface area contributed by atoms with Gasteiger partial charge >= 0.3 is 0 Å². The Kier molecular flexibility index (Phi) is 5.57. The number of para-hydroxylation sites is 1. The molecule has 0 aliphatic carbocycles. The van der Waals surface area contributed by atoms with E-state index in [0.29, 0.717) is 13.1 Å². The Labute approximate surface area is 175 Å². The molecule has 0 atom stereocenters. The Bertz CT molecular complexity index is 1100. The zero-order chi connectivity index (χ0) is 21.1. The summed E-state index contributed by atoms with van der Waals surface area (Å²) in [6.07, 6.45) is 1.52. The van der Waals surface area contributed by atoms with E-state index in [-0.39, 0.29) is 35.5 Å². The fourth-order valence-electron chi connectivity index (χ4n) is 3.42. The molecule has 1 saturated heterocycles. The van der Waals surface area contributed by atoms with Gasteiger partial charge < -0.3 is 18.9 Å². The average Bonchev–Trinajstić information content (AvgIpc) is 2.72. The Morgan fingerprint density at radius 3 is 2.47 bits per heavy atom. The van der Waals surface area contributed by atoms with Crippen molar-refractivity contribution in [2.45, 2.75) is 19.6 Å². The van der Waals surface area contributed by atoms with Crippen LogP contribution in [0.4, 0.5) is 0 Å².